The quantitative estimate of drug-likeness (QED) is 0.0653. The Labute approximate surface area is 785 Å². The van der Waals surface area contributed by atoms with Crippen LogP contribution in [0.25, 0.3) is 54.9 Å². The van der Waals surface area contributed by atoms with Gasteiger partial charge < -0.3 is 13.6 Å². The van der Waals surface area contributed by atoms with Gasteiger partial charge in [0, 0.05) is 16.5 Å². The van der Waals surface area contributed by atoms with E-state index >= 15 is 0 Å². The van der Waals surface area contributed by atoms with E-state index in [9.17, 15) is 0 Å². The molecule has 0 saturated carbocycles. The second kappa shape index (κ2) is 38.7. The number of benzene rings is 20. The van der Waals surface area contributed by atoms with Crippen LogP contribution >= 0.6 is 25.8 Å². The third kappa shape index (κ3) is 16.0. The first-order valence-corrected chi connectivity index (χ1v) is 48.2. The van der Waals surface area contributed by atoms with Crippen molar-refractivity contribution in [3.63, 3.8) is 0 Å². The fourth-order valence-corrected chi connectivity index (χ4v) is 24.0. The molecule has 0 aliphatic carbocycles. The molecule has 134 heavy (non-hydrogen) atoms. The number of hydrogen-bond donors (Lipinski definition) is 0. The van der Waals surface area contributed by atoms with E-state index in [0.717, 1.165) is 127 Å². The average Bonchev–Trinajstić information content (AvgIpc) is 1.52. The Morgan fingerprint density at radius 3 is 0.672 bits per heavy atom. The lowest BCUT2D eigenvalue weighted by molar-refractivity contribution is 0.00370. The van der Waals surface area contributed by atoms with E-state index in [2.05, 4.69) is 413 Å². The van der Waals surface area contributed by atoms with Crippen molar-refractivity contribution in [1.82, 2.24) is 0 Å². The van der Waals surface area contributed by atoms with Crippen LogP contribution in [0.1, 0.15) is 66.8 Å². The Morgan fingerprint density at radius 2 is 0.381 bits per heavy atom. The highest BCUT2D eigenvalue weighted by Crippen LogP contribution is 2.74. The summed E-state index contributed by atoms with van der Waals surface area (Å²) in [5.74, 6) is 2.14. The van der Waals surface area contributed by atoms with Gasteiger partial charge in [-0.1, -0.05) is 522 Å². The first kappa shape index (κ1) is 86.1. The van der Waals surface area contributed by atoms with Crippen molar-refractivity contribution < 1.29 is 40.7 Å². The van der Waals surface area contributed by atoms with E-state index in [1.54, 1.807) is 0 Å². The van der Waals surface area contributed by atoms with E-state index < -0.39 is 59.4 Å². The number of hydrogen-bond acceptors (Lipinski definition) is 9. The summed E-state index contributed by atoms with van der Waals surface area (Å²) in [7, 11) is -5.78. The second-order valence-electron chi connectivity index (χ2n) is 33.0. The lowest BCUT2D eigenvalue weighted by Gasteiger charge is -2.43. The zero-order chi connectivity index (χ0) is 89.9. The van der Waals surface area contributed by atoms with Crippen molar-refractivity contribution in [1.29, 1.82) is 0 Å². The molecule has 648 valence electrons. The normalized spacial score (nSPS) is 15.6. The van der Waals surface area contributed by atoms with E-state index in [1.165, 1.54) is 0 Å². The van der Waals surface area contributed by atoms with Crippen LogP contribution in [0.5, 0.6) is 17.2 Å². The molecule has 0 aromatic heterocycles. The summed E-state index contributed by atoms with van der Waals surface area (Å²) in [4.78, 5) is 0. The number of rotatable bonds is 21. The van der Waals surface area contributed by atoms with Crippen LogP contribution in [0.4, 0.5) is 0 Å². The molecule has 12 heteroatoms. The molecule has 3 saturated heterocycles. The molecule has 3 aliphatic heterocycles. The third-order valence-electron chi connectivity index (χ3n) is 25.3. The van der Waals surface area contributed by atoms with Crippen LogP contribution in [0.15, 0.2) is 552 Å². The summed E-state index contributed by atoms with van der Waals surface area (Å²) < 4.78 is 64.6. The van der Waals surface area contributed by atoms with E-state index in [-0.39, 0.29) is 0 Å². The Morgan fingerprint density at radius 1 is 0.157 bits per heavy atom. The molecule has 0 radical (unpaired) electrons. The Bertz CT molecular complexity index is 6690. The van der Waals surface area contributed by atoms with Gasteiger partial charge in [0.2, 0.25) is 0 Å². The van der Waals surface area contributed by atoms with Crippen molar-refractivity contribution in [3.8, 4) is 50.6 Å². The van der Waals surface area contributed by atoms with Crippen LogP contribution in [-0.2, 0) is 60.7 Å². The fourth-order valence-electron chi connectivity index (χ4n) is 19.3. The van der Waals surface area contributed by atoms with E-state index in [0.29, 0.717) is 11.5 Å². The first-order valence-electron chi connectivity index (χ1n) is 44.9. The van der Waals surface area contributed by atoms with Crippen LogP contribution < -0.4 is 13.6 Å². The summed E-state index contributed by atoms with van der Waals surface area (Å²) in [6.45, 7) is 0. The summed E-state index contributed by atoms with van der Waals surface area (Å²) in [6.07, 6.45) is 0. The van der Waals surface area contributed by atoms with Gasteiger partial charge in [0.1, 0.15) is 17.2 Å². The van der Waals surface area contributed by atoms with Crippen molar-refractivity contribution in [3.05, 3.63) is 619 Å². The molecule has 20 aromatic rings. The molecule has 3 fully saturated rings. The molecular weight excluding hydrogens is 1700 g/mol. The van der Waals surface area contributed by atoms with Gasteiger partial charge in [-0.3, -0.25) is 27.1 Å². The highest BCUT2D eigenvalue weighted by Gasteiger charge is 2.70. The van der Waals surface area contributed by atoms with Gasteiger partial charge in [-0.05, 0) is 136 Å². The molecule has 0 amide bonds. The first-order chi connectivity index (χ1) is 66.4. The molecule has 3 heterocycles. The van der Waals surface area contributed by atoms with Crippen LogP contribution in [0, 0.1) is 0 Å². The molecular formula is C122H91O9P3. The van der Waals surface area contributed by atoms with Gasteiger partial charge in [-0.25, -0.2) is 0 Å². The van der Waals surface area contributed by atoms with Gasteiger partial charge in [0.15, 0.2) is 33.6 Å². The largest absolute Gasteiger partial charge is 0.427 e. The SMILES string of the molecule is c1ccc(-c2cc(-c3ccccc3)c(OP3OC(c4ccccc4)(c4ccccc4)C(c4ccccc4)(c4ccccc4)O3)c(-c3ccccc3)c2)cc1.c1ccc(C2(c3ccccc3)OP(Oc3ccc4ccccc4c3)OC2(c2ccccc2)c2ccccc2)cc1.c1ccc(C2(c3ccccc3)OP(Oc3cccc4ccccc34)OC2(c2ccccc2)c2ccccc2)cc1. The molecule has 0 atom stereocenters. The Kier molecular flexibility index (Phi) is 24.8. The zero-order valence-corrected chi connectivity index (χ0v) is 75.7. The molecule has 23 rings (SSSR count). The van der Waals surface area contributed by atoms with Crippen LogP contribution in [0.2, 0.25) is 0 Å². The highest BCUT2D eigenvalue weighted by molar-refractivity contribution is 7.43. The Balaban J connectivity index is 0.000000123. The number of fused-ring (bicyclic) bond motifs is 2. The summed E-state index contributed by atoms with van der Waals surface area (Å²) >= 11 is 0. The van der Waals surface area contributed by atoms with Crippen molar-refractivity contribution in [2.75, 3.05) is 0 Å². The van der Waals surface area contributed by atoms with Crippen molar-refractivity contribution >= 4 is 47.4 Å². The van der Waals surface area contributed by atoms with Gasteiger partial charge in [0.05, 0.1) is 0 Å². The van der Waals surface area contributed by atoms with Gasteiger partial charge in [0.25, 0.3) is 0 Å². The summed E-state index contributed by atoms with van der Waals surface area (Å²) in [5.41, 5.74) is 11.5. The maximum atomic E-state index is 7.57. The Hall–Kier alpha value is -14.6. The van der Waals surface area contributed by atoms with Crippen molar-refractivity contribution in [2.24, 2.45) is 0 Å². The monoisotopic (exact) mass is 1790 g/mol. The van der Waals surface area contributed by atoms with E-state index in [4.69, 9.17) is 40.7 Å². The predicted octanol–water partition coefficient (Wildman–Crippen LogP) is 32.0. The minimum Gasteiger partial charge on any atom is -0.427 e. The second-order valence-corrected chi connectivity index (χ2v) is 35.9. The molecule has 0 bridgehead atoms. The van der Waals surface area contributed by atoms with Gasteiger partial charge in [-0.2, -0.15) is 0 Å². The summed E-state index contributed by atoms with van der Waals surface area (Å²) in [6, 6.07) is 189. The van der Waals surface area contributed by atoms with E-state index in [1.807, 2.05) is 140 Å². The smallest absolute Gasteiger partial charge is 0.400 e. The highest BCUT2D eigenvalue weighted by atomic mass is 31.2. The standard InChI is InChI=1S/C50H37O3P.2C36H27O3P/c1-8-22-38(23-9-1)41-36-46(39-24-10-2-11-25-39)48(47(37-41)40-26-12-3-13-27-40)51-54-52-49(42-28-14-4-15-29-42,43-30-16-5-17-31-43)50(53-54,44-32-18-6-19-33-44)45-34-20-7-21-35-45;1-5-18-29(19-6-1)35(30-20-7-2-8-21-30)36(31-22-9-3-10-23-31,32-24-11-4-12-25-32)39-40(38-35)37-34-27-15-17-28-16-13-14-26-33(28)34;1-5-17-30(18-6-1)35(31-19-7-2-8-20-31)36(32-21-9-3-10-22-32,33-23-11-4-12-24-33)39-40(38-35)37-34-26-25-28-15-13-14-16-29(28)27-34/h1-37H;2*1-27H. The van der Waals surface area contributed by atoms with Crippen molar-refractivity contribution in [2.45, 2.75) is 33.6 Å². The predicted molar refractivity (Wildman–Crippen MR) is 542 cm³/mol. The third-order valence-corrected chi connectivity index (χ3v) is 28.8. The van der Waals surface area contributed by atoms with Gasteiger partial charge in [-0.15, -0.1) is 0 Å². The van der Waals surface area contributed by atoms with Crippen LogP contribution in [0.3, 0.4) is 0 Å². The lowest BCUT2D eigenvalue weighted by atomic mass is 9.66. The lowest BCUT2D eigenvalue weighted by Crippen LogP contribution is -2.48. The topological polar surface area (TPSA) is 83.1 Å². The molecule has 0 N–H and O–H groups in total. The summed E-state index contributed by atoms with van der Waals surface area (Å²) in [5, 5.41) is 4.37. The van der Waals surface area contributed by atoms with Crippen LogP contribution in [-0.4, -0.2) is 0 Å². The molecule has 3 aliphatic rings. The molecule has 9 nitrogen and oxygen atoms in total. The maximum Gasteiger partial charge on any atom is 0.400 e. The molecule has 0 unspecified atom stereocenters. The minimum atomic E-state index is -2.07. The molecule has 20 aromatic carbocycles. The molecule has 0 spiro atoms. The fraction of sp³-hybridized carbons (Fsp3) is 0.0492. The minimum absolute atomic E-state index is 0.699. The maximum absolute atomic E-state index is 7.57. The van der Waals surface area contributed by atoms with Gasteiger partial charge >= 0.3 is 25.8 Å². The zero-order valence-electron chi connectivity index (χ0n) is 73.1. The average molecular weight is 1790 g/mol.